The van der Waals surface area contributed by atoms with Crippen molar-refractivity contribution in [3.63, 3.8) is 0 Å². The van der Waals surface area contributed by atoms with Crippen molar-refractivity contribution >= 4 is 11.9 Å². The highest BCUT2D eigenvalue weighted by atomic mass is 17.2. The second kappa shape index (κ2) is 6.12. The summed E-state index contributed by atoms with van der Waals surface area (Å²) in [5, 5.41) is 0. The Morgan fingerprint density at radius 3 is 2.50 bits per heavy atom. The predicted octanol–water partition coefficient (Wildman–Crippen LogP) is 4.70. The molecular formula is C21H28O3. The van der Waals surface area contributed by atoms with E-state index in [0.717, 1.165) is 12.0 Å². The van der Waals surface area contributed by atoms with E-state index >= 15 is 0 Å². The minimum atomic E-state index is -0.547. The number of Topliss-reactive ketones (excluding diaryl/α,β-unsaturated/α-hetero) is 1. The van der Waals surface area contributed by atoms with Crippen molar-refractivity contribution in [2.45, 2.75) is 64.6 Å². The fourth-order valence-corrected chi connectivity index (χ4v) is 3.52. The molecule has 0 N–H and O–H groups in total. The summed E-state index contributed by atoms with van der Waals surface area (Å²) in [4.78, 5) is 23.4. The first-order valence-electron chi connectivity index (χ1n) is 8.86. The third-order valence-electron chi connectivity index (χ3n) is 5.58. The maximum Gasteiger partial charge on any atom is 0.138 e. The molecule has 2 aliphatic rings. The maximum atomic E-state index is 12.1. The van der Waals surface area contributed by atoms with Crippen LogP contribution >= 0.6 is 0 Å². The lowest BCUT2D eigenvalue weighted by atomic mass is 9.71. The second-order valence-electron chi connectivity index (χ2n) is 8.50. The molecule has 4 atom stereocenters. The van der Waals surface area contributed by atoms with E-state index < -0.39 is 5.60 Å². The van der Waals surface area contributed by atoms with Gasteiger partial charge in [0.25, 0.3) is 0 Å². The normalized spacial score (nSPS) is 33.9. The van der Waals surface area contributed by atoms with Gasteiger partial charge in [-0.25, -0.2) is 9.78 Å². The van der Waals surface area contributed by atoms with E-state index in [9.17, 15) is 4.79 Å². The Morgan fingerprint density at radius 2 is 1.88 bits per heavy atom. The van der Waals surface area contributed by atoms with E-state index in [1.807, 2.05) is 19.9 Å². The standard InChI is InChI=1S/C21H28O3/c1-14-18(22)12-17-13-19(14)23-24-21(17,5)11-10-15-6-8-16(9-7-15)20(2,3)4/h6-11,14,17,19H,12-13H2,1-5H3/b11-10-/t14-,17+,19+,21+/m1/s1. The highest BCUT2D eigenvalue weighted by molar-refractivity contribution is 5.82. The molecule has 1 saturated heterocycles. The molecule has 2 bridgehead atoms. The van der Waals surface area contributed by atoms with Gasteiger partial charge in [-0.3, -0.25) is 4.79 Å². The van der Waals surface area contributed by atoms with Gasteiger partial charge in [0.1, 0.15) is 17.5 Å². The zero-order valence-electron chi connectivity index (χ0n) is 15.3. The molecule has 3 nitrogen and oxygen atoms in total. The molecule has 1 aliphatic heterocycles. The molecule has 0 radical (unpaired) electrons. The topological polar surface area (TPSA) is 35.5 Å². The first-order valence-corrected chi connectivity index (χ1v) is 8.86. The lowest BCUT2D eigenvalue weighted by molar-refractivity contribution is -0.415. The van der Waals surface area contributed by atoms with Crippen LogP contribution in [0.5, 0.6) is 0 Å². The van der Waals surface area contributed by atoms with Crippen molar-refractivity contribution in [2.24, 2.45) is 11.8 Å². The third kappa shape index (κ3) is 3.33. The summed E-state index contributed by atoms with van der Waals surface area (Å²) in [5.41, 5.74) is 2.06. The van der Waals surface area contributed by atoms with E-state index in [1.165, 1.54) is 5.56 Å². The Bertz CT molecular complexity index is 638. The number of rotatable bonds is 2. The van der Waals surface area contributed by atoms with Crippen molar-refractivity contribution in [1.29, 1.82) is 0 Å². The smallest absolute Gasteiger partial charge is 0.138 e. The van der Waals surface area contributed by atoms with Gasteiger partial charge in [-0.15, -0.1) is 0 Å². The zero-order chi connectivity index (χ0) is 17.5. The second-order valence-corrected chi connectivity index (χ2v) is 8.50. The zero-order valence-corrected chi connectivity index (χ0v) is 15.3. The Kier molecular flexibility index (Phi) is 4.43. The van der Waals surface area contributed by atoms with Crippen LogP contribution < -0.4 is 0 Å². The Labute approximate surface area is 145 Å². The molecule has 3 heteroatoms. The van der Waals surface area contributed by atoms with Crippen LogP contribution in [0.4, 0.5) is 0 Å². The number of benzene rings is 1. The molecule has 130 valence electrons. The predicted molar refractivity (Wildman–Crippen MR) is 95.4 cm³/mol. The molecule has 0 amide bonds. The molecule has 0 aromatic heterocycles. The molecule has 1 aliphatic carbocycles. The summed E-state index contributed by atoms with van der Waals surface area (Å²) in [6.45, 7) is 10.6. The summed E-state index contributed by atoms with van der Waals surface area (Å²) in [6, 6.07) is 8.59. The van der Waals surface area contributed by atoms with Gasteiger partial charge >= 0.3 is 0 Å². The lowest BCUT2D eigenvalue weighted by Crippen LogP contribution is -2.51. The first-order chi connectivity index (χ1) is 11.2. The summed E-state index contributed by atoms with van der Waals surface area (Å²) in [6.07, 6.45) is 5.48. The van der Waals surface area contributed by atoms with Gasteiger partial charge in [0.05, 0.1) is 0 Å². The van der Waals surface area contributed by atoms with Crippen LogP contribution in [0.15, 0.2) is 30.3 Å². The number of ketones is 1. The van der Waals surface area contributed by atoms with Crippen molar-refractivity contribution < 1.29 is 14.6 Å². The van der Waals surface area contributed by atoms with E-state index in [1.54, 1.807) is 0 Å². The summed E-state index contributed by atoms with van der Waals surface area (Å²) < 4.78 is 0. The molecule has 1 heterocycles. The fourth-order valence-electron chi connectivity index (χ4n) is 3.52. The van der Waals surface area contributed by atoms with Crippen LogP contribution in [0, 0.1) is 11.8 Å². The molecular weight excluding hydrogens is 300 g/mol. The SMILES string of the molecule is C[C@@H]1C(=O)C[C@H]2C[C@@H]1OO[C@@]2(C)/C=C\c1ccc(C(C)(C)C)cc1. The number of hydrogen-bond acceptors (Lipinski definition) is 3. The van der Waals surface area contributed by atoms with E-state index in [-0.39, 0.29) is 29.1 Å². The highest BCUT2D eigenvalue weighted by Crippen LogP contribution is 2.43. The van der Waals surface area contributed by atoms with Crippen LogP contribution in [-0.2, 0) is 20.0 Å². The summed E-state index contributed by atoms with van der Waals surface area (Å²) in [5.74, 6) is 0.415. The molecule has 1 saturated carbocycles. The molecule has 1 aromatic rings. The highest BCUT2D eigenvalue weighted by Gasteiger charge is 2.48. The Balaban J connectivity index is 1.75. The molecule has 1 aromatic carbocycles. The van der Waals surface area contributed by atoms with E-state index in [2.05, 4.69) is 51.1 Å². The van der Waals surface area contributed by atoms with Crippen LogP contribution in [0.25, 0.3) is 6.08 Å². The first kappa shape index (κ1) is 17.4. The number of hydrogen-bond donors (Lipinski definition) is 0. The molecule has 2 fully saturated rings. The lowest BCUT2D eigenvalue weighted by Gasteiger charge is -2.45. The van der Waals surface area contributed by atoms with Gasteiger partial charge in [0, 0.05) is 18.3 Å². The van der Waals surface area contributed by atoms with E-state index in [4.69, 9.17) is 9.78 Å². The van der Waals surface area contributed by atoms with Crippen molar-refractivity contribution in [2.75, 3.05) is 0 Å². The quantitative estimate of drug-likeness (QED) is 0.738. The Hall–Kier alpha value is -1.45. The molecule has 0 spiro atoms. The number of carbonyl (C=O) groups is 1. The number of fused-ring (bicyclic) bond motifs is 2. The van der Waals surface area contributed by atoms with Gasteiger partial charge in [0.2, 0.25) is 0 Å². The van der Waals surface area contributed by atoms with Crippen molar-refractivity contribution in [3.8, 4) is 0 Å². The van der Waals surface area contributed by atoms with Gasteiger partial charge in [0.15, 0.2) is 0 Å². The summed E-state index contributed by atoms with van der Waals surface area (Å²) >= 11 is 0. The monoisotopic (exact) mass is 328 g/mol. The number of carbonyl (C=O) groups excluding carboxylic acids is 1. The van der Waals surface area contributed by atoms with Crippen molar-refractivity contribution in [1.82, 2.24) is 0 Å². The molecule has 0 unspecified atom stereocenters. The van der Waals surface area contributed by atoms with Gasteiger partial charge in [-0.2, -0.15) is 0 Å². The average molecular weight is 328 g/mol. The van der Waals surface area contributed by atoms with Crippen LogP contribution in [0.3, 0.4) is 0 Å². The van der Waals surface area contributed by atoms with Gasteiger partial charge in [-0.1, -0.05) is 58.0 Å². The largest absolute Gasteiger partial charge is 0.299 e. The van der Waals surface area contributed by atoms with E-state index in [0.29, 0.717) is 6.42 Å². The maximum absolute atomic E-state index is 12.1. The van der Waals surface area contributed by atoms with Crippen LogP contribution in [0.2, 0.25) is 0 Å². The third-order valence-corrected chi connectivity index (χ3v) is 5.58. The minimum absolute atomic E-state index is 0.0558. The van der Waals surface area contributed by atoms with Gasteiger partial charge in [-0.05, 0) is 36.0 Å². The van der Waals surface area contributed by atoms with Crippen LogP contribution in [-0.4, -0.2) is 17.5 Å². The Morgan fingerprint density at radius 1 is 1.21 bits per heavy atom. The average Bonchev–Trinajstić information content (AvgIpc) is 2.53. The fraction of sp³-hybridized carbons (Fsp3) is 0.571. The van der Waals surface area contributed by atoms with Crippen molar-refractivity contribution in [3.05, 3.63) is 41.5 Å². The van der Waals surface area contributed by atoms with Crippen LogP contribution in [0.1, 0.15) is 58.6 Å². The van der Waals surface area contributed by atoms with Gasteiger partial charge < -0.3 is 0 Å². The summed E-state index contributed by atoms with van der Waals surface area (Å²) in [7, 11) is 0. The minimum Gasteiger partial charge on any atom is -0.299 e. The molecule has 3 rings (SSSR count). The molecule has 24 heavy (non-hydrogen) atoms.